The van der Waals surface area contributed by atoms with E-state index < -0.39 is 17.4 Å². The number of benzene rings is 1. The lowest BCUT2D eigenvalue weighted by molar-refractivity contribution is -0.168. The summed E-state index contributed by atoms with van der Waals surface area (Å²) in [5.74, 6) is -1.05. The van der Waals surface area contributed by atoms with E-state index in [0.29, 0.717) is 12.8 Å². The highest BCUT2D eigenvalue weighted by Gasteiger charge is 2.52. The van der Waals surface area contributed by atoms with Crippen LogP contribution in [0.15, 0.2) is 24.3 Å². The standard InChI is InChI=1S/C13H14O4/c1-16-11(14)13(12(15)17-2)7-9-5-3-4-6-10(9)8-13/h3-6H,7-8H2,1-2H3. The molecular weight excluding hydrogens is 220 g/mol. The summed E-state index contributed by atoms with van der Waals surface area (Å²) >= 11 is 0. The molecule has 0 saturated carbocycles. The normalized spacial score (nSPS) is 16.1. The van der Waals surface area contributed by atoms with E-state index in [4.69, 9.17) is 9.47 Å². The summed E-state index contributed by atoms with van der Waals surface area (Å²) in [4.78, 5) is 23.8. The van der Waals surface area contributed by atoms with Gasteiger partial charge >= 0.3 is 11.9 Å². The zero-order chi connectivity index (χ0) is 12.5. The summed E-state index contributed by atoms with van der Waals surface area (Å²) in [5, 5.41) is 0. The summed E-state index contributed by atoms with van der Waals surface area (Å²) < 4.78 is 9.50. The lowest BCUT2D eigenvalue weighted by Gasteiger charge is -2.22. The first kappa shape index (κ1) is 11.6. The van der Waals surface area contributed by atoms with Crippen LogP contribution in [-0.4, -0.2) is 26.2 Å². The van der Waals surface area contributed by atoms with Gasteiger partial charge in [-0.15, -0.1) is 0 Å². The Morgan fingerprint density at radius 1 is 1.00 bits per heavy atom. The van der Waals surface area contributed by atoms with E-state index in [1.54, 1.807) is 0 Å². The second-order valence-electron chi connectivity index (χ2n) is 4.19. The molecule has 1 aliphatic carbocycles. The van der Waals surface area contributed by atoms with Crippen molar-refractivity contribution in [1.82, 2.24) is 0 Å². The van der Waals surface area contributed by atoms with Crippen molar-refractivity contribution in [2.45, 2.75) is 12.8 Å². The number of rotatable bonds is 2. The molecule has 0 N–H and O–H groups in total. The average molecular weight is 234 g/mol. The van der Waals surface area contributed by atoms with E-state index in [1.165, 1.54) is 14.2 Å². The Morgan fingerprint density at radius 3 is 1.76 bits per heavy atom. The Morgan fingerprint density at radius 2 is 1.41 bits per heavy atom. The van der Waals surface area contributed by atoms with Gasteiger partial charge in [0, 0.05) is 0 Å². The van der Waals surface area contributed by atoms with Crippen LogP contribution in [0.1, 0.15) is 11.1 Å². The molecule has 2 rings (SSSR count). The third-order valence-corrected chi connectivity index (χ3v) is 3.26. The molecular formula is C13H14O4. The van der Waals surface area contributed by atoms with Crippen LogP contribution in [0.4, 0.5) is 0 Å². The Hall–Kier alpha value is -1.84. The van der Waals surface area contributed by atoms with Gasteiger partial charge in [-0.1, -0.05) is 24.3 Å². The molecule has 0 unspecified atom stereocenters. The van der Waals surface area contributed by atoms with Crippen LogP contribution in [0.3, 0.4) is 0 Å². The predicted octanol–water partition coefficient (Wildman–Crippen LogP) is 1.12. The zero-order valence-electron chi connectivity index (χ0n) is 9.86. The highest BCUT2D eigenvalue weighted by atomic mass is 16.5. The number of methoxy groups -OCH3 is 2. The van der Waals surface area contributed by atoms with Gasteiger partial charge in [0.2, 0.25) is 0 Å². The molecule has 0 heterocycles. The van der Waals surface area contributed by atoms with Gasteiger partial charge in [-0.3, -0.25) is 9.59 Å². The van der Waals surface area contributed by atoms with Gasteiger partial charge in [-0.25, -0.2) is 0 Å². The highest BCUT2D eigenvalue weighted by Crippen LogP contribution is 2.38. The Balaban J connectivity index is 2.41. The molecule has 1 aromatic carbocycles. The number of hydrogen-bond acceptors (Lipinski definition) is 4. The quantitative estimate of drug-likeness (QED) is 0.568. The maximum atomic E-state index is 11.9. The number of hydrogen-bond donors (Lipinski definition) is 0. The molecule has 0 aromatic heterocycles. The van der Waals surface area contributed by atoms with Crippen molar-refractivity contribution >= 4 is 11.9 Å². The lowest BCUT2D eigenvalue weighted by Crippen LogP contribution is -2.42. The van der Waals surface area contributed by atoms with Crippen LogP contribution in [-0.2, 0) is 31.9 Å². The average Bonchev–Trinajstić information content (AvgIpc) is 2.77. The third kappa shape index (κ3) is 1.69. The van der Waals surface area contributed by atoms with Gasteiger partial charge in [0.15, 0.2) is 5.41 Å². The van der Waals surface area contributed by atoms with Gasteiger partial charge in [0.1, 0.15) is 0 Å². The smallest absolute Gasteiger partial charge is 0.323 e. The molecule has 4 heteroatoms. The van der Waals surface area contributed by atoms with Crippen molar-refractivity contribution in [2.24, 2.45) is 5.41 Å². The molecule has 0 amide bonds. The molecule has 90 valence electrons. The number of ether oxygens (including phenoxy) is 2. The molecule has 17 heavy (non-hydrogen) atoms. The summed E-state index contributed by atoms with van der Waals surface area (Å²) in [5.41, 5.74) is 0.805. The molecule has 0 radical (unpaired) electrons. The Kier molecular flexibility index (Phi) is 2.88. The van der Waals surface area contributed by atoms with Crippen LogP contribution < -0.4 is 0 Å². The van der Waals surface area contributed by atoms with E-state index in [2.05, 4.69) is 0 Å². The second kappa shape index (κ2) is 4.20. The first-order chi connectivity index (χ1) is 8.14. The van der Waals surface area contributed by atoms with Gasteiger partial charge in [-0.2, -0.15) is 0 Å². The van der Waals surface area contributed by atoms with E-state index >= 15 is 0 Å². The first-order valence-electron chi connectivity index (χ1n) is 5.37. The van der Waals surface area contributed by atoms with E-state index in [-0.39, 0.29) is 0 Å². The molecule has 1 aromatic rings. The van der Waals surface area contributed by atoms with E-state index in [0.717, 1.165) is 11.1 Å². The van der Waals surface area contributed by atoms with Crippen molar-refractivity contribution in [1.29, 1.82) is 0 Å². The SMILES string of the molecule is COC(=O)C1(C(=O)OC)Cc2ccccc2C1. The van der Waals surface area contributed by atoms with Crippen LogP contribution in [0, 0.1) is 5.41 Å². The molecule has 0 fully saturated rings. The molecule has 0 aliphatic heterocycles. The number of carbonyl (C=O) groups is 2. The monoisotopic (exact) mass is 234 g/mol. The minimum absolute atomic E-state index is 0.350. The Labute approximate surface area is 99.5 Å². The van der Waals surface area contributed by atoms with Crippen LogP contribution in [0.2, 0.25) is 0 Å². The highest BCUT2D eigenvalue weighted by molar-refractivity contribution is 6.01. The second-order valence-corrected chi connectivity index (χ2v) is 4.19. The molecule has 4 nitrogen and oxygen atoms in total. The summed E-state index contributed by atoms with van der Waals surface area (Å²) in [6.07, 6.45) is 0.699. The van der Waals surface area contributed by atoms with Crippen molar-refractivity contribution in [3.05, 3.63) is 35.4 Å². The molecule has 0 atom stereocenters. The Bertz CT molecular complexity index is 421. The van der Waals surface area contributed by atoms with Crippen molar-refractivity contribution in [2.75, 3.05) is 14.2 Å². The summed E-state index contributed by atoms with van der Waals surface area (Å²) in [7, 11) is 2.58. The maximum absolute atomic E-state index is 11.9. The fourth-order valence-electron chi connectivity index (χ4n) is 2.38. The van der Waals surface area contributed by atoms with E-state index in [1.807, 2.05) is 24.3 Å². The minimum Gasteiger partial charge on any atom is -0.468 e. The molecule has 0 spiro atoms. The topological polar surface area (TPSA) is 52.6 Å². The summed E-state index contributed by atoms with van der Waals surface area (Å²) in [6.45, 7) is 0. The predicted molar refractivity (Wildman–Crippen MR) is 60.3 cm³/mol. The van der Waals surface area contributed by atoms with Crippen LogP contribution >= 0.6 is 0 Å². The lowest BCUT2D eigenvalue weighted by atomic mass is 9.85. The molecule has 1 aliphatic rings. The van der Waals surface area contributed by atoms with Gasteiger partial charge in [-0.05, 0) is 24.0 Å². The molecule has 0 bridgehead atoms. The largest absolute Gasteiger partial charge is 0.468 e. The zero-order valence-corrected chi connectivity index (χ0v) is 9.86. The maximum Gasteiger partial charge on any atom is 0.323 e. The first-order valence-corrected chi connectivity index (χ1v) is 5.37. The van der Waals surface area contributed by atoms with Gasteiger partial charge in [0.25, 0.3) is 0 Å². The fraction of sp³-hybridized carbons (Fsp3) is 0.385. The number of fused-ring (bicyclic) bond motifs is 1. The summed E-state index contributed by atoms with van der Waals surface area (Å²) in [6, 6.07) is 7.62. The number of carbonyl (C=O) groups excluding carboxylic acids is 2. The van der Waals surface area contributed by atoms with Crippen molar-refractivity contribution in [3.8, 4) is 0 Å². The van der Waals surface area contributed by atoms with Crippen molar-refractivity contribution < 1.29 is 19.1 Å². The van der Waals surface area contributed by atoms with Gasteiger partial charge < -0.3 is 9.47 Å². The van der Waals surface area contributed by atoms with E-state index in [9.17, 15) is 9.59 Å². The fourth-order valence-corrected chi connectivity index (χ4v) is 2.38. The molecule has 0 saturated heterocycles. The van der Waals surface area contributed by atoms with Crippen molar-refractivity contribution in [3.63, 3.8) is 0 Å². The third-order valence-electron chi connectivity index (χ3n) is 3.26. The minimum atomic E-state index is -1.20. The van der Waals surface area contributed by atoms with Crippen LogP contribution in [0.25, 0.3) is 0 Å². The van der Waals surface area contributed by atoms with Crippen LogP contribution in [0.5, 0.6) is 0 Å². The number of esters is 2. The van der Waals surface area contributed by atoms with Gasteiger partial charge in [0.05, 0.1) is 14.2 Å².